The number of piperidine rings is 1. The van der Waals surface area contributed by atoms with E-state index in [2.05, 4.69) is 34.3 Å². The molecule has 1 atom stereocenters. The molecule has 0 saturated carbocycles. The Hall–Kier alpha value is -2.14. The molecule has 1 amide bonds. The number of aromatic nitrogens is 2. The molecule has 0 radical (unpaired) electrons. The molecule has 25 heavy (non-hydrogen) atoms. The number of carbonyl (C=O) groups excluding carboxylic acids is 1. The molecule has 0 aliphatic carbocycles. The molecule has 1 aromatic heterocycles. The summed E-state index contributed by atoms with van der Waals surface area (Å²) in [6.07, 6.45) is 8.01. The van der Waals surface area contributed by atoms with Crippen molar-refractivity contribution in [3.05, 3.63) is 53.9 Å². The second-order valence-corrected chi connectivity index (χ2v) is 7.00. The fraction of sp³-hybridized carbons (Fsp3) is 0.500. The summed E-state index contributed by atoms with van der Waals surface area (Å²) in [5.41, 5.74) is 2.45. The summed E-state index contributed by atoms with van der Waals surface area (Å²) in [5, 5.41) is 4.19. The van der Waals surface area contributed by atoms with Crippen LogP contribution in [0, 0.1) is 0 Å². The van der Waals surface area contributed by atoms with Crippen LogP contribution in [-0.2, 0) is 24.8 Å². The third kappa shape index (κ3) is 4.69. The number of amides is 1. The van der Waals surface area contributed by atoms with Gasteiger partial charge in [0.15, 0.2) is 0 Å². The normalized spacial score (nSPS) is 18.2. The molecule has 1 aliphatic rings. The van der Waals surface area contributed by atoms with Crippen molar-refractivity contribution >= 4 is 5.91 Å². The maximum atomic E-state index is 13.0. The molecule has 5 nitrogen and oxygen atoms in total. The van der Waals surface area contributed by atoms with Crippen LogP contribution in [0.1, 0.15) is 30.4 Å². The average Bonchev–Trinajstić information content (AvgIpc) is 3.06. The minimum absolute atomic E-state index is 0.00727. The van der Waals surface area contributed by atoms with E-state index < -0.39 is 0 Å². The molecule has 0 bridgehead atoms. The van der Waals surface area contributed by atoms with E-state index in [0.29, 0.717) is 0 Å². The van der Waals surface area contributed by atoms with Gasteiger partial charge in [0, 0.05) is 33.4 Å². The maximum Gasteiger partial charge on any atom is 0.239 e. The van der Waals surface area contributed by atoms with Crippen molar-refractivity contribution in [2.24, 2.45) is 7.05 Å². The molecule has 1 aromatic carbocycles. The van der Waals surface area contributed by atoms with E-state index in [1.54, 1.807) is 4.68 Å². The number of nitrogens with zero attached hydrogens (tertiary/aromatic N) is 4. The summed E-state index contributed by atoms with van der Waals surface area (Å²) < 4.78 is 1.81. The van der Waals surface area contributed by atoms with Crippen molar-refractivity contribution in [1.29, 1.82) is 0 Å². The molecule has 2 aromatic rings. The third-order valence-electron chi connectivity index (χ3n) is 5.00. The van der Waals surface area contributed by atoms with Gasteiger partial charge in [0.25, 0.3) is 0 Å². The van der Waals surface area contributed by atoms with Crippen molar-refractivity contribution in [3.63, 3.8) is 0 Å². The van der Waals surface area contributed by atoms with Crippen LogP contribution < -0.4 is 0 Å². The molecular formula is C20H28N4O. The van der Waals surface area contributed by atoms with Crippen molar-refractivity contribution in [2.75, 3.05) is 20.1 Å². The lowest BCUT2D eigenvalue weighted by Gasteiger charge is -2.36. The smallest absolute Gasteiger partial charge is 0.239 e. The predicted molar refractivity (Wildman–Crippen MR) is 99.0 cm³/mol. The van der Waals surface area contributed by atoms with E-state index >= 15 is 0 Å². The first-order valence-corrected chi connectivity index (χ1v) is 9.14. The number of likely N-dealkylation sites (tertiary alicyclic amines) is 1. The molecule has 5 heteroatoms. The van der Waals surface area contributed by atoms with Gasteiger partial charge in [-0.15, -0.1) is 0 Å². The van der Waals surface area contributed by atoms with Gasteiger partial charge in [0.05, 0.1) is 12.2 Å². The van der Waals surface area contributed by atoms with Crippen LogP contribution in [0.5, 0.6) is 0 Å². The van der Waals surface area contributed by atoms with E-state index in [-0.39, 0.29) is 11.9 Å². The number of rotatable bonds is 6. The highest BCUT2D eigenvalue weighted by molar-refractivity contribution is 5.81. The van der Waals surface area contributed by atoms with E-state index in [0.717, 1.165) is 38.9 Å². The van der Waals surface area contributed by atoms with Crippen molar-refractivity contribution in [3.8, 4) is 0 Å². The Labute approximate surface area is 150 Å². The molecule has 3 rings (SSSR count). The third-order valence-corrected chi connectivity index (χ3v) is 5.00. The standard InChI is InChI=1S/C20H28N4O/c1-22(13-11-18-14-21-23(2)15-18)20(25)19-10-6-7-12-24(19)16-17-8-4-3-5-9-17/h3-5,8-9,14-15,19H,6-7,10-13,16H2,1-2H3. The van der Waals surface area contributed by atoms with Crippen LogP contribution in [0.4, 0.5) is 0 Å². The fourth-order valence-corrected chi connectivity index (χ4v) is 3.54. The van der Waals surface area contributed by atoms with Gasteiger partial charge < -0.3 is 4.90 Å². The zero-order chi connectivity index (χ0) is 17.6. The lowest BCUT2D eigenvalue weighted by atomic mass is 9.99. The Bertz CT molecular complexity index is 682. The maximum absolute atomic E-state index is 13.0. The SMILES string of the molecule is CN(CCc1cnn(C)c1)C(=O)C1CCCCN1Cc1ccccc1. The van der Waals surface area contributed by atoms with Crippen LogP contribution >= 0.6 is 0 Å². The Balaban J connectivity index is 1.59. The highest BCUT2D eigenvalue weighted by Gasteiger charge is 2.30. The molecule has 1 saturated heterocycles. The highest BCUT2D eigenvalue weighted by atomic mass is 16.2. The largest absolute Gasteiger partial charge is 0.344 e. The Kier molecular flexibility index (Phi) is 5.87. The molecule has 1 aliphatic heterocycles. The van der Waals surface area contributed by atoms with Gasteiger partial charge >= 0.3 is 0 Å². The monoisotopic (exact) mass is 340 g/mol. The molecule has 1 unspecified atom stereocenters. The van der Waals surface area contributed by atoms with Crippen LogP contribution in [0.2, 0.25) is 0 Å². The summed E-state index contributed by atoms with van der Waals surface area (Å²) in [6.45, 7) is 2.59. The summed E-state index contributed by atoms with van der Waals surface area (Å²) in [6, 6.07) is 10.5. The minimum atomic E-state index is 0.00727. The number of likely N-dealkylation sites (N-methyl/N-ethyl adjacent to an activating group) is 1. The van der Waals surface area contributed by atoms with E-state index in [1.165, 1.54) is 17.5 Å². The average molecular weight is 340 g/mol. The van der Waals surface area contributed by atoms with Crippen molar-refractivity contribution in [1.82, 2.24) is 19.6 Å². The van der Waals surface area contributed by atoms with Crippen LogP contribution in [0.3, 0.4) is 0 Å². The van der Waals surface area contributed by atoms with Crippen molar-refractivity contribution < 1.29 is 4.79 Å². The summed E-state index contributed by atoms with van der Waals surface area (Å²) in [7, 11) is 3.84. The van der Waals surface area contributed by atoms with E-state index in [1.807, 2.05) is 37.5 Å². The summed E-state index contributed by atoms with van der Waals surface area (Å²) >= 11 is 0. The molecule has 0 N–H and O–H groups in total. The van der Waals surface area contributed by atoms with Crippen molar-refractivity contribution in [2.45, 2.75) is 38.3 Å². The first-order chi connectivity index (χ1) is 12.1. The second-order valence-electron chi connectivity index (χ2n) is 7.00. The number of carbonyl (C=O) groups is 1. The van der Waals surface area contributed by atoms with Gasteiger partial charge in [-0.25, -0.2) is 0 Å². The molecule has 1 fully saturated rings. The molecule has 0 spiro atoms. The first-order valence-electron chi connectivity index (χ1n) is 9.14. The van der Waals surface area contributed by atoms with Crippen LogP contribution in [0.25, 0.3) is 0 Å². The van der Waals surface area contributed by atoms with E-state index in [4.69, 9.17) is 0 Å². The first kappa shape index (κ1) is 17.7. The number of aryl methyl sites for hydroxylation is 1. The van der Waals surface area contributed by atoms with E-state index in [9.17, 15) is 4.79 Å². The van der Waals surface area contributed by atoms with Gasteiger partial charge in [-0.3, -0.25) is 14.4 Å². The predicted octanol–water partition coefficient (Wildman–Crippen LogP) is 2.48. The van der Waals surface area contributed by atoms with Gasteiger partial charge in [-0.2, -0.15) is 5.10 Å². The lowest BCUT2D eigenvalue weighted by Crippen LogP contribution is -2.49. The molecule has 2 heterocycles. The lowest BCUT2D eigenvalue weighted by molar-refractivity contribution is -0.137. The Morgan fingerprint density at radius 2 is 2.04 bits per heavy atom. The zero-order valence-electron chi connectivity index (χ0n) is 15.3. The Morgan fingerprint density at radius 3 is 2.76 bits per heavy atom. The van der Waals surface area contributed by atoms with Gasteiger partial charge in [-0.1, -0.05) is 36.8 Å². The van der Waals surface area contributed by atoms with Gasteiger partial charge in [0.1, 0.15) is 0 Å². The topological polar surface area (TPSA) is 41.4 Å². The second kappa shape index (κ2) is 8.30. The molecular weight excluding hydrogens is 312 g/mol. The molecule has 134 valence electrons. The zero-order valence-corrected chi connectivity index (χ0v) is 15.3. The summed E-state index contributed by atoms with van der Waals surface area (Å²) in [5.74, 6) is 0.250. The number of hydrogen-bond donors (Lipinski definition) is 0. The quantitative estimate of drug-likeness (QED) is 0.811. The van der Waals surface area contributed by atoms with Crippen LogP contribution in [0.15, 0.2) is 42.7 Å². The highest BCUT2D eigenvalue weighted by Crippen LogP contribution is 2.21. The van der Waals surface area contributed by atoms with Crippen LogP contribution in [-0.4, -0.2) is 51.7 Å². The van der Waals surface area contributed by atoms with Gasteiger partial charge in [0.2, 0.25) is 5.91 Å². The minimum Gasteiger partial charge on any atom is -0.344 e. The van der Waals surface area contributed by atoms with Gasteiger partial charge in [-0.05, 0) is 36.9 Å². The summed E-state index contributed by atoms with van der Waals surface area (Å²) in [4.78, 5) is 17.2. The fourth-order valence-electron chi connectivity index (χ4n) is 3.54. The number of hydrogen-bond acceptors (Lipinski definition) is 3. The number of benzene rings is 1. The Morgan fingerprint density at radius 1 is 1.24 bits per heavy atom.